The van der Waals surface area contributed by atoms with Crippen molar-refractivity contribution in [3.8, 4) is 0 Å². The highest BCUT2D eigenvalue weighted by Crippen LogP contribution is 2.18. The maximum Gasteiger partial charge on any atom is 0.352 e. The largest absolute Gasteiger partial charge is 0.352 e. The van der Waals surface area contributed by atoms with E-state index in [4.69, 9.17) is 11.6 Å². The molecule has 3 heterocycles. The Labute approximate surface area is 178 Å². The zero-order chi connectivity index (χ0) is 20.8. The van der Waals surface area contributed by atoms with E-state index in [1.54, 1.807) is 35.7 Å². The summed E-state index contributed by atoms with van der Waals surface area (Å²) in [6.07, 6.45) is 0. The maximum absolute atomic E-state index is 13.6. The van der Waals surface area contributed by atoms with Gasteiger partial charge in [0.2, 0.25) is 5.78 Å². The molecule has 0 saturated heterocycles. The molecule has 6 nitrogen and oxygen atoms in total. The second kappa shape index (κ2) is 7.23. The number of halogens is 2. The average Bonchev–Trinajstić information content (AvgIpc) is 3.32. The lowest BCUT2D eigenvalue weighted by molar-refractivity contribution is 0.615. The molecule has 5 rings (SSSR count). The Kier molecular flexibility index (Phi) is 4.52. The Morgan fingerprint density at radius 1 is 1.00 bits per heavy atom. The third-order valence-electron chi connectivity index (χ3n) is 4.86. The fourth-order valence-electron chi connectivity index (χ4n) is 3.46. The average molecular weight is 441 g/mol. The molecule has 9 heteroatoms. The van der Waals surface area contributed by atoms with Crippen LogP contribution in [0.2, 0.25) is 5.02 Å². The van der Waals surface area contributed by atoms with Crippen LogP contribution in [0.15, 0.2) is 69.6 Å². The standard InChI is InChI=1S/C21H14ClFN4O2S/c22-15-6-4-13(5-7-15)11-25-19(28)18-17(8-9-30-18)27-20(25)24-26(21(27)29)12-14-2-1-3-16(23)10-14/h1-10H,11-12H2. The van der Waals surface area contributed by atoms with E-state index in [2.05, 4.69) is 5.10 Å². The number of nitrogens with zero attached hydrogens (tertiary/aromatic N) is 4. The summed E-state index contributed by atoms with van der Waals surface area (Å²) in [4.78, 5) is 26.3. The number of benzene rings is 2. The number of hydrogen-bond acceptors (Lipinski definition) is 4. The van der Waals surface area contributed by atoms with E-state index >= 15 is 0 Å². The van der Waals surface area contributed by atoms with Crippen LogP contribution in [0.5, 0.6) is 0 Å². The first kappa shape index (κ1) is 18.8. The lowest BCUT2D eigenvalue weighted by Crippen LogP contribution is -2.26. The van der Waals surface area contributed by atoms with Crippen molar-refractivity contribution in [2.24, 2.45) is 0 Å². The molecular weight excluding hydrogens is 427 g/mol. The minimum Gasteiger partial charge on any atom is -0.271 e. The molecule has 30 heavy (non-hydrogen) atoms. The first-order valence-electron chi connectivity index (χ1n) is 9.10. The highest BCUT2D eigenvalue weighted by atomic mass is 35.5. The van der Waals surface area contributed by atoms with Crippen LogP contribution >= 0.6 is 22.9 Å². The van der Waals surface area contributed by atoms with Gasteiger partial charge in [-0.2, -0.15) is 0 Å². The van der Waals surface area contributed by atoms with Crippen LogP contribution in [0.1, 0.15) is 11.1 Å². The van der Waals surface area contributed by atoms with E-state index in [1.807, 2.05) is 12.1 Å². The molecule has 0 aliphatic heterocycles. The minimum absolute atomic E-state index is 0.0963. The lowest BCUT2D eigenvalue weighted by atomic mass is 10.2. The van der Waals surface area contributed by atoms with E-state index in [9.17, 15) is 14.0 Å². The summed E-state index contributed by atoms with van der Waals surface area (Å²) in [7, 11) is 0. The summed E-state index contributed by atoms with van der Waals surface area (Å²) in [5, 5.41) is 6.80. The van der Waals surface area contributed by atoms with Gasteiger partial charge in [0, 0.05) is 5.02 Å². The van der Waals surface area contributed by atoms with Crippen LogP contribution in [0.4, 0.5) is 4.39 Å². The normalized spacial score (nSPS) is 11.5. The molecule has 0 unspecified atom stereocenters. The summed E-state index contributed by atoms with van der Waals surface area (Å²) >= 11 is 7.24. The predicted octanol–water partition coefficient (Wildman–Crippen LogP) is 3.76. The molecule has 0 aliphatic rings. The van der Waals surface area contributed by atoms with Crippen LogP contribution in [0.3, 0.4) is 0 Å². The molecule has 0 aliphatic carbocycles. The second-order valence-electron chi connectivity index (χ2n) is 6.86. The van der Waals surface area contributed by atoms with Crippen molar-refractivity contribution >= 4 is 38.9 Å². The molecule has 0 radical (unpaired) electrons. The molecule has 2 aromatic carbocycles. The van der Waals surface area contributed by atoms with Crippen LogP contribution < -0.4 is 11.2 Å². The fourth-order valence-corrected chi connectivity index (χ4v) is 4.41. The summed E-state index contributed by atoms with van der Waals surface area (Å²) in [6.45, 7) is 0.336. The van der Waals surface area contributed by atoms with E-state index in [-0.39, 0.29) is 35.9 Å². The molecular formula is C21H14ClFN4O2S. The quantitative estimate of drug-likeness (QED) is 0.427. The summed E-state index contributed by atoms with van der Waals surface area (Å²) in [5.41, 5.74) is 1.37. The van der Waals surface area contributed by atoms with Gasteiger partial charge in [-0.25, -0.2) is 18.3 Å². The number of aromatic nitrogens is 4. The molecule has 0 saturated carbocycles. The smallest absolute Gasteiger partial charge is 0.271 e. The molecule has 150 valence electrons. The van der Waals surface area contributed by atoms with Gasteiger partial charge in [0.1, 0.15) is 10.5 Å². The fraction of sp³-hybridized carbons (Fsp3) is 0.0952. The zero-order valence-electron chi connectivity index (χ0n) is 15.5. The van der Waals surface area contributed by atoms with Gasteiger partial charge in [0.25, 0.3) is 5.56 Å². The van der Waals surface area contributed by atoms with Crippen LogP contribution in [-0.2, 0) is 13.1 Å². The Morgan fingerprint density at radius 2 is 1.80 bits per heavy atom. The van der Waals surface area contributed by atoms with Gasteiger partial charge in [-0.1, -0.05) is 35.9 Å². The molecule has 3 aromatic heterocycles. The Bertz CT molecular complexity index is 1510. The van der Waals surface area contributed by atoms with Crippen LogP contribution in [0, 0.1) is 5.82 Å². The monoisotopic (exact) mass is 440 g/mol. The van der Waals surface area contributed by atoms with E-state index < -0.39 is 0 Å². The number of fused-ring (bicyclic) bond motifs is 3. The van der Waals surface area contributed by atoms with Crippen molar-refractivity contribution in [1.29, 1.82) is 0 Å². The minimum atomic E-state index is -0.387. The van der Waals surface area contributed by atoms with Crippen molar-refractivity contribution in [3.63, 3.8) is 0 Å². The third-order valence-corrected chi connectivity index (χ3v) is 6.01. The molecule has 0 bridgehead atoms. The van der Waals surface area contributed by atoms with E-state index in [1.165, 1.54) is 37.1 Å². The molecule has 0 spiro atoms. The molecule has 0 fully saturated rings. The van der Waals surface area contributed by atoms with Gasteiger partial charge in [-0.3, -0.25) is 9.36 Å². The first-order valence-corrected chi connectivity index (χ1v) is 10.4. The molecule has 0 N–H and O–H groups in total. The maximum atomic E-state index is 13.6. The molecule has 5 aromatic rings. The molecule has 0 atom stereocenters. The highest BCUT2D eigenvalue weighted by Gasteiger charge is 2.18. The Hall–Kier alpha value is -3.23. The van der Waals surface area contributed by atoms with Crippen molar-refractivity contribution in [2.75, 3.05) is 0 Å². The lowest BCUT2D eigenvalue weighted by Gasteiger charge is -2.08. The van der Waals surface area contributed by atoms with Gasteiger partial charge in [-0.05, 0) is 46.8 Å². The van der Waals surface area contributed by atoms with Gasteiger partial charge < -0.3 is 0 Å². The SMILES string of the molecule is O=c1c2sccc2n2c(=O)n(Cc3cccc(F)c3)nc2n1Cc1ccc(Cl)cc1. The summed E-state index contributed by atoms with van der Waals surface area (Å²) in [6, 6.07) is 14.9. The third kappa shape index (κ3) is 3.14. The Balaban J connectivity index is 1.72. The summed E-state index contributed by atoms with van der Waals surface area (Å²) < 4.78 is 18.2. The van der Waals surface area contributed by atoms with Gasteiger partial charge >= 0.3 is 5.69 Å². The summed E-state index contributed by atoms with van der Waals surface area (Å²) in [5.74, 6) is -0.147. The van der Waals surface area contributed by atoms with Gasteiger partial charge in [-0.15, -0.1) is 16.4 Å². The predicted molar refractivity (Wildman–Crippen MR) is 115 cm³/mol. The topological polar surface area (TPSA) is 61.3 Å². The van der Waals surface area contributed by atoms with Crippen LogP contribution in [-0.4, -0.2) is 18.7 Å². The van der Waals surface area contributed by atoms with Crippen molar-refractivity contribution in [1.82, 2.24) is 18.7 Å². The van der Waals surface area contributed by atoms with Gasteiger partial charge in [0.05, 0.1) is 18.6 Å². The van der Waals surface area contributed by atoms with Crippen molar-refractivity contribution in [2.45, 2.75) is 13.1 Å². The van der Waals surface area contributed by atoms with E-state index in [0.717, 1.165) is 5.56 Å². The van der Waals surface area contributed by atoms with E-state index in [0.29, 0.717) is 20.8 Å². The van der Waals surface area contributed by atoms with Crippen molar-refractivity contribution in [3.05, 3.63) is 103 Å². The Morgan fingerprint density at radius 3 is 2.57 bits per heavy atom. The first-order chi connectivity index (χ1) is 14.5. The number of rotatable bonds is 4. The number of thiophene rings is 1. The van der Waals surface area contributed by atoms with Crippen molar-refractivity contribution < 1.29 is 4.39 Å². The zero-order valence-corrected chi connectivity index (χ0v) is 17.0. The van der Waals surface area contributed by atoms with Gasteiger partial charge in [0.15, 0.2) is 0 Å². The van der Waals surface area contributed by atoms with Crippen LogP contribution in [0.25, 0.3) is 16.0 Å². The second-order valence-corrected chi connectivity index (χ2v) is 8.21. The highest BCUT2D eigenvalue weighted by molar-refractivity contribution is 7.17. The molecule has 0 amide bonds. The number of hydrogen-bond donors (Lipinski definition) is 0.